The Morgan fingerprint density at radius 3 is 2.45 bits per heavy atom. The van der Waals surface area contributed by atoms with E-state index >= 15 is 0 Å². The third kappa shape index (κ3) is 3.51. The van der Waals surface area contributed by atoms with E-state index in [4.69, 9.17) is 0 Å². The fourth-order valence-corrected chi connectivity index (χ4v) is 2.43. The van der Waals surface area contributed by atoms with Gasteiger partial charge >= 0.3 is 5.97 Å². The van der Waals surface area contributed by atoms with Crippen molar-refractivity contribution >= 4 is 5.97 Å². The Labute approximate surface area is 130 Å². The maximum Gasteiger partial charge on any atom is 0.310 e. The zero-order chi connectivity index (χ0) is 16.0. The van der Waals surface area contributed by atoms with Crippen molar-refractivity contribution in [3.05, 3.63) is 42.5 Å². The van der Waals surface area contributed by atoms with Gasteiger partial charge in [0.2, 0.25) is 0 Å². The zero-order valence-electron chi connectivity index (χ0n) is 13.0. The van der Waals surface area contributed by atoms with Gasteiger partial charge < -0.3 is 10.4 Å². The van der Waals surface area contributed by atoms with Gasteiger partial charge in [0.25, 0.3) is 0 Å². The molecule has 0 saturated heterocycles. The first kappa shape index (κ1) is 16.2. The molecule has 2 N–H and O–H groups in total. The van der Waals surface area contributed by atoms with Crippen LogP contribution >= 0.6 is 0 Å². The lowest BCUT2D eigenvalue weighted by molar-refractivity contribution is -0.149. The minimum atomic E-state index is -0.730. The minimum Gasteiger partial charge on any atom is -0.481 e. The minimum absolute atomic E-state index is 0.472. The summed E-state index contributed by atoms with van der Waals surface area (Å²) in [5.74, 6) is -0.730. The Morgan fingerprint density at radius 1 is 1.27 bits per heavy atom. The number of carboxylic acids is 1. The van der Waals surface area contributed by atoms with Crippen LogP contribution in [-0.4, -0.2) is 32.4 Å². The molecule has 6 heteroatoms. The second-order valence-corrected chi connectivity index (χ2v) is 5.40. The van der Waals surface area contributed by atoms with Gasteiger partial charge in [-0.2, -0.15) is 5.10 Å². The molecule has 0 aliphatic carbocycles. The largest absolute Gasteiger partial charge is 0.481 e. The first-order chi connectivity index (χ1) is 10.6. The number of rotatable bonds is 8. The first-order valence-corrected chi connectivity index (χ1v) is 7.49. The van der Waals surface area contributed by atoms with Gasteiger partial charge in [0.05, 0.1) is 11.1 Å². The molecule has 1 aromatic heterocycles. The van der Waals surface area contributed by atoms with Crippen molar-refractivity contribution in [1.29, 1.82) is 0 Å². The molecule has 0 amide bonds. The van der Waals surface area contributed by atoms with E-state index in [2.05, 4.69) is 15.4 Å². The lowest BCUT2D eigenvalue weighted by Gasteiger charge is -2.27. The van der Waals surface area contributed by atoms with Crippen LogP contribution in [-0.2, 0) is 11.3 Å². The van der Waals surface area contributed by atoms with E-state index in [1.54, 1.807) is 11.0 Å². The summed E-state index contributed by atoms with van der Waals surface area (Å²) >= 11 is 0. The molecule has 0 spiro atoms. The average Bonchev–Trinajstić information content (AvgIpc) is 3.06. The van der Waals surface area contributed by atoms with Crippen molar-refractivity contribution in [2.24, 2.45) is 5.41 Å². The van der Waals surface area contributed by atoms with E-state index in [9.17, 15) is 9.90 Å². The standard InChI is InChI=1S/C16H22N4O2/c1-3-16(4-2,15(21)22)10-17-9-13-5-7-14(8-6-13)20-12-18-11-19-20/h5-8,11-12,17H,3-4,9-10H2,1-2H3,(H,21,22). The van der Waals surface area contributed by atoms with Crippen LogP contribution < -0.4 is 5.32 Å². The summed E-state index contributed by atoms with van der Waals surface area (Å²) in [4.78, 5) is 15.4. The molecule has 0 aliphatic heterocycles. The van der Waals surface area contributed by atoms with E-state index in [0.29, 0.717) is 25.9 Å². The average molecular weight is 302 g/mol. The Bertz CT molecular complexity index is 589. The summed E-state index contributed by atoms with van der Waals surface area (Å²) in [7, 11) is 0. The Hall–Kier alpha value is -2.21. The second kappa shape index (κ2) is 7.17. The molecule has 1 heterocycles. The van der Waals surface area contributed by atoms with Crippen molar-refractivity contribution < 1.29 is 9.90 Å². The number of nitrogens with zero attached hydrogens (tertiary/aromatic N) is 3. The highest BCUT2D eigenvalue weighted by atomic mass is 16.4. The normalized spacial score (nSPS) is 11.5. The van der Waals surface area contributed by atoms with Crippen LogP contribution in [0.4, 0.5) is 0 Å². The van der Waals surface area contributed by atoms with Crippen molar-refractivity contribution in [3.63, 3.8) is 0 Å². The molecule has 0 unspecified atom stereocenters. The highest BCUT2D eigenvalue weighted by Crippen LogP contribution is 2.25. The number of aliphatic carboxylic acids is 1. The van der Waals surface area contributed by atoms with Crippen LogP contribution in [0.25, 0.3) is 5.69 Å². The number of carboxylic acid groups (broad SMARTS) is 1. The predicted molar refractivity (Wildman–Crippen MR) is 83.7 cm³/mol. The lowest BCUT2D eigenvalue weighted by Crippen LogP contribution is -2.39. The molecular weight excluding hydrogens is 280 g/mol. The van der Waals surface area contributed by atoms with Gasteiger partial charge in [-0.25, -0.2) is 9.67 Å². The number of benzene rings is 1. The maximum absolute atomic E-state index is 11.4. The quantitative estimate of drug-likeness (QED) is 0.782. The predicted octanol–water partition coefficient (Wildman–Crippen LogP) is 2.25. The third-order valence-electron chi connectivity index (χ3n) is 4.22. The summed E-state index contributed by atoms with van der Waals surface area (Å²) in [6.45, 7) is 4.96. The van der Waals surface area contributed by atoms with Crippen LogP contribution in [0.5, 0.6) is 0 Å². The van der Waals surface area contributed by atoms with Crippen LogP contribution in [0.15, 0.2) is 36.9 Å². The summed E-state index contributed by atoms with van der Waals surface area (Å²) in [5, 5.41) is 16.7. The van der Waals surface area contributed by atoms with Crippen LogP contribution in [0.3, 0.4) is 0 Å². The smallest absolute Gasteiger partial charge is 0.310 e. The van der Waals surface area contributed by atoms with Crippen LogP contribution in [0.2, 0.25) is 0 Å². The van der Waals surface area contributed by atoms with Gasteiger partial charge in [0.15, 0.2) is 0 Å². The molecule has 0 radical (unpaired) electrons. The van der Waals surface area contributed by atoms with Crippen LogP contribution in [0.1, 0.15) is 32.3 Å². The summed E-state index contributed by atoms with van der Waals surface area (Å²) < 4.78 is 1.70. The maximum atomic E-state index is 11.4. The molecule has 6 nitrogen and oxygen atoms in total. The van der Waals surface area contributed by atoms with E-state index in [1.807, 2.05) is 38.1 Å². The van der Waals surface area contributed by atoms with Gasteiger partial charge in [0, 0.05) is 13.1 Å². The SMILES string of the molecule is CCC(CC)(CNCc1ccc(-n2cncn2)cc1)C(=O)O. The molecule has 0 saturated carbocycles. The Balaban J connectivity index is 1.93. The summed E-state index contributed by atoms with van der Waals surface area (Å²) in [6.07, 6.45) is 4.39. The van der Waals surface area contributed by atoms with Crippen molar-refractivity contribution in [2.75, 3.05) is 6.54 Å². The Morgan fingerprint density at radius 2 is 1.95 bits per heavy atom. The van der Waals surface area contributed by atoms with E-state index < -0.39 is 11.4 Å². The number of aromatic nitrogens is 3. The van der Waals surface area contributed by atoms with Gasteiger partial charge in [-0.1, -0.05) is 26.0 Å². The molecule has 22 heavy (non-hydrogen) atoms. The topological polar surface area (TPSA) is 80.0 Å². The molecule has 1 aromatic carbocycles. The summed E-state index contributed by atoms with van der Waals surface area (Å²) in [5.41, 5.74) is 1.37. The second-order valence-electron chi connectivity index (χ2n) is 5.40. The molecule has 118 valence electrons. The highest BCUT2D eigenvalue weighted by Gasteiger charge is 2.34. The van der Waals surface area contributed by atoms with E-state index in [-0.39, 0.29) is 0 Å². The zero-order valence-corrected chi connectivity index (χ0v) is 13.0. The van der Waals surface area contributed by atoms with E-state index in [1.165, 1.54) is 6.33 Å². The van der Waals surface area contributed by atoms with E-state index in [0.717, 1.165) is 11.3 Å². The molecule has 2 rings (SSSR count). The third-order valence-corrected chi connectivity index (χ3v) is 4.22. The number of hydrogen-bond donors (Lipinski definition) is 2. The monoisotopic (exact) mass is 302 g/mol. The van der Waals surface area contributed by atoms with Gasteiger partial charge in [-0.3, -0.25) is 4.79 Å². The fourth-order valence-electron chi connectivity index (χ4n) is 2.43. The summed E-state index contributed by atoms with van der Waals surface area (Å²) in [6, 6.07) is 7.94. The Kier molecular flexibility index (Phi) is 5.27. The molecule has 2 aromatic rings. The molecule has 0 atom stereocenters. The molecular formula is C16H22N4O2. The van der Waals surface area contributed by atoms with Crippen LogP contribution in [0, 0.1) is 5.41 Å². The van der Waals surface area contributed by atoms with Crippen molar-refractivity contribution in [3.8, 4) is 5.69 Å². The fraction of sp³-hybridized carbons (Fsp3) is 0.438. The number of carbonyl (C=O) groups is 1. The van der Waals surface area contributed by atoms with Gasteiger partial charge in [0.1, 0.15) is 12.7 Å². The van der Waals surface area contributed by atoms with Crippen molar-refractivity contribution in [2.45, 2.75) is 33.2 Å². The first-order valence-electron chi connectivity index (χ1n) is 7.49. The molecule has 0 fully saturated rings. The van der Waals surface area contributed by atoms with Crippen molar-refractivity contribution in [1.82, 2.24) is 20.1 Å². The molecule has 0 aliphatic rings. The number of hydrogen-bond acceptors (Lipinski definition) is 4. The molecule has 0 bridgehead atoms. The number of nitrogens with one attached hydrogen (secondary N) is 1. The van der Waals surface area contributed by atoms with Gasteiger partial charge in [-0.15, -0.1) is 0 Å². The van der Waals surface area contributed by atoms with Gasteiger partial charge in [-0.05, 0) is 30.5 Å². The lowest BCUT2D eigenvalue weighted by atomic mass is 9.82. The highest BCUT2D eigenvalue weighted by molar-refractivity contribution is 5.74.